The average molecular weight is 782 g/mol. The highest BCUT2D eigenvalue weighted by molar-refractivity contribution is 6.31. The molecule has 10 rings (SSSR count). The third kappa shape index (κ3) is 6.17. The molecule has 0 saturated carbocycles. The van der Waals surface area contributed by atoms with Crippen LogP contribution in [0.3, 0.4) is 0 Å². The van der Waals surface area contributed by atoms with Crippen LogP contribution < -0.4 is 0 Å². The second-order valence-corrected chi connectivity index (χ2v) is 16.9. The number of amides is 2. The minimum Gasteiger partial charge on any atom is -0.271 e. The fourth-order valence-corrected chi connectivity index (χ4v) is 10.5. The van der Waals surface area contributed by atoms with Crippen molar-refractivity contribution < 1.29 is 9.59 Å². The standard InChI is InChI=1S/C57H51NO2/c1-3-5-7-15-25-39(26-16-8-6-4-2)58-56(59)48-32-20-30-43-41(34-36-49(53(43)48)57(58)60)40-33-35-47-52-42(40)29-19-31-46(52)54-50(37-21-11-9-12-22-37)44-27-17-18-28-45(44)51(55(47)54)38-23-13-10-14-24-38/h9-14,17-24,27-36,39H,3-8,15-16,25-26H2,1-2H3. The maximum absolute atomic E-state index is 14.6. The number of rotatable bonds is 14. The third-order valence-electron chi connectivity index (χ3n) is 13.3. The smallest absolute Gasteiger partial charge is 0.261 e. The minimum atomic E-state index is -0.143. The van der Waals surface area contributed by atoms with E-state index in [1.54, 1.807) is 4.90 Å². The molecule has 0 spiro atoms. The van der Waals surface area contributed by atoms with Crippen LogP contribution in [0.5, 0.6) is 0 Å². The molecule has 0 unspecified atom stereocenters. The Morgan fingerprint density at radius 3 is 1.28 bits per heavy atom. The van der Waals surface area contributed by atoms with E-state index in [9.17, 15) is 9.59 Å². The van der Waals surface area contributed by atoms with Gasteiger partial charge in [0, 0.05) is 22.6 Å². The van der Waals surface area contributed by atoms with Gasteiger partial charge in [-0.3, -0.25) is 14.5 Å². The highest BCUT2D eigenvalue weighted by Crippen LogP contribution is 2.58. The van der Waals surface area contributed by atoms with Crippen LogP contribution in [0.15, 0.2) is 146 Å². The van der Waals surface area contributed by atoms with E-state index in [4.69, 9.17) is 0 Å². The van der Waals surface area contributed by atoms with Crippen LogP contribution >= 0.6 is 0 Å². The first-order chi connectivity index (χ1) is 29.6. The van der Waals surface area contributed by atoms with Gasteiger partial charge in [-0.1, -0.05) is 199 Å². The van der Waals surface area contributed by atoms with Crippen molar-refractivity contribution in [1.82, 2.24) is 4.90 Å². The van der Waals surface area contributed by atoms with E-state index in [1.807, 2.05) is 18.2 Å². The number of imide groups is 1. The van der Waals surface area contributed by atoms with Gasteiger partial charge >= 0.3 is 0 Å². The Labute approximate surface area is 353 Å². The summed E-state index contributed by atoms with van der Waals surface area (Å²) in [6, 6.07) is 52.0. The quantitative estimate of drug-likeness (QED) is 0.0814. The molecule has 1 aliphatic heterocycles. The number of hydrogen-bond acceptors (Lipinski definition) is 2. The highest BCUT2D eigenvalue weighted by atomic mass is 16.2. The van der Waals surface area contributed by atoms with Gasteiger partial charge in [0.25, 0.3) is 11.8 Å². The van der Waals surface area contributed by atoms with E-state index in [0.717, 1.165) is 73.3 Å². The molecule has 0 aromatic heterocycles. The zero-order chi connectivity index (χ0) is 40.7. The Kier molecular flexibility index (Phi) is 10.1. The predicted octanol–water partition coefficient (Wildman–Crippen LogP) is 15.7. The van der Waals surface area contributed by atoms with Crippen molar-refractivity contribution in [3.63, 3.8) is 0 Å². The molecule has 0 N–H and O–H groups in total. The molecule has 60 heavy (non-hydrogen) atoms. The molecule has 2 amide bonds. The Morgan fingerprint density at radius 2 is 0.767 bits per heavy atom. The van der Waals surface area contributed by atoms with Crippen molar-refractivity contribution in [2.24, 2.45) is 0 Å². The van der Waals surface area contributed by atoms with Gasteiger partial charge in [-0.25, -0.2) is 0 Å². The van der Waals surface area contributed by atoms with Crippen molar-refractivity contribution in [1.29, 1.82) is 0 Å². The third-order valence-corrected chi connectivity index (χ3v) is 13.3. The van der Waals surface area contributed by atoms with Gasteiger partial charge in [0.2, 0.25) is 0 Å². The second kappa shape index (κ2) is 16.0. The Balaban J connectivity index is 1.14. The van der Waals surface area contributed by atoms with Crippen molar-refractivity contribution in [2.45, 2.75) is 84.1 Å². The molecule has 2 aliphatic rings. The molecule has 8 aromatic rings. The maximum atomic E-state index is 14.6. The summed E-state index contributed by atoms with van der Waals surface area (Å²) in [6.07, 6.45) is 10.7. The summed E-state index contributed by atoms with van der Waals surface area (Å²) in [5, 5.41) is 6.61. The maximum Gasteiger partial charge on any atom is 0.261 e. The largest absolute Gasteiger partial charge is 0.271 e. The summed E-state index contributed by atoms with van der Waals surface area (Å²) in [5.41, 5.74) is 13.3. The van der Waals surface area contributed by atoms with Crippen LogP contribution in [-0.4, -0.2) is 22.8 Å². The van der Waals surface area contributed by atoms with E-state index >= 15 is 0 Å². The summed E-state index contributed by atoms with van der Waals surface area (Å²) >= 11 is 0. The van der Waals surface area contributed by atoms with Crippen LogP contribution in [0.25, 0.3) is 88.0 Å². The molecule has 3 nitrogen and oxygen atoms in total. The van der Waals surface area contributed by atoms with Crippen LogP contribution in [0.1, 0.15) is 98.8 Å². The first kappa shape index (κ1) is 37.9. The fourth-order valence-electron chi connectivity index (χ4n) is 10.5. The molecule has 3 heteroatoms. The molecule has 0 radical (unpaired) electrons. The van der Waals surface area contributed by atoms with Crippen molar-refractivity contribution in [3.05, 3.63) is 157 Å². The molecule has 0 atom stereocenters. The number of hydrogen-bond donors (Lipinski definition) is 0. The van der Waals surface area contributed by atoms with E-state index in [2.05, 4.69) is 141 Å². The lowest BCUT2D eigenvalue weighted by molar-refractivity contribution is 0.0517. The molecule has 1 aliphatic carbocycles. The monoisotopic (exact) mass is 781 g/mol. The van der Waals surface area contributed by atoms with Crippen LogP contribution in [-0.2, 0) is 0 Å². The fraction of sp³-hybridized carbons (Fsp3) is 0.228. The lowest BCUT2D eigenvalue weighted by Crippen LogP contribution is -2.47. The topological polar surface area (TPSA) is 37.4 Å². The first-order valence-electron chi connectivity index (χ1n) is 22.3. The van der Waals surface area contributed by atoms with Gasteiger partial charge in [-0.2, -0.15) is 0 Å². The lowest BCUT2D eigenvalue weighted by atomic mass is 9.82. The first-order valence-corrected chi connectivity index (χ1v) is 22.3. The number of carbonyl (C=O) groups excluding carboxylic acids is 2. The van der Waals surface area contributed by atoms with Gasteiger partial charge in [0.1, 0.15) is 0 Å². The van der Waals surface area contributed by atoms with Crippen molar-refractivity contribution in [2.75, 3.05) is 0 Å². The van der Waals surface area contributed by atoms with Crippen LogP contribution in [0, 0.1) is 0 Å². The van der Waals surface area contributed by atoms with Crippen molar-refractivity contribution in [3.8, 4) is 55.6 Å². The molecule has 0 fully saturated rings. The highest BCUT2D eigenvalue weighted by Gasteiger charge is 2.38. The SMILES string of the molecule is CCCCCCC(CCCCCC)N1C(=O)c2cccc3c(-c4ccc5c6c(cccc46)-c4c-5c(-c5ccccc5)c5ccccc5c4-c4ccccc4)ccc(c23)C1=O. The zero-order valence-corrected chi connectivity index (χ0v) is 34.8. The molecule has 8 aromatic carbocycles. The zero-order valence-electron chi connectivity index (χ0n) is 34.8. The normalized spacial score (nSPS) is 13.0. The second-order valence-electron chi connectivity index (χ2n) is 16.9. The lowest BCUT2D eigenvalue weighted by Gasteiger charge is -2.34. The summed E-state index contributed by atoms with van der Waals surface area (Å²) in [5.74, 6) is -0.285. The minimum absolute atomic E-state index is 0.0850. The Hall–Kier alpha value is -6.32. The molecule has 0 bridgehead atoms. The van der Waals surface area contributed by atoms with Gasteiger partial charge in [0.15, 0.2) is 0 Å². The summed E-state index contributed by atoms with van der Waals surface area (Å²) < 4.78 is 0. The molecular formula is C57H51NO2. The molecular weight excluding hydrogens is 731 g/mol. The van der Waals surface area contributed by atoms with E-state index in [1.165, 1.54) is 78.9 Å². The van der Waals surface area contributed by atoms with E-state index in [-0.39, 0.29) is 17.9 Å². The number of carbonyl (C=O) groups is 2. The summed E-state index contributed by atoms with van der Waals surface area (Å²) in [6.45, 7) is 4.44. The van der Waals surface area contributed by atoms with E-state index in [0.29, 0.717) is 11.1 Å². The Bertz CT molecular complexity index is 2820. The summed E-state index contributed by atoms with van der Waals surface area (Å²) in [7, 11) is 0. The van der Waals surface area contributed by atoms with Gasteiger partial charge in [0.05, 0.1) is 0 Å². The Morgan fingerprint density at radius 1 is 0.367 bits per heavy atom. The van der Waals surface area contributed by atoms with Crippen LogP contribution in [0.2, 0.25) is 0 Å². The molecule has 0 saturated heterocycles. The molecule has 296 valence electrons. The van der Waals surface area contributed by atoms with Crippen LogP contribution in [0.4, 0.5) is 0 Å². The number of fused-ring (bicyclic) bond motifs is 4. The average Bonchev–Trinajstić information content (AvgIpc) is 3.62. The predicted molar refractivity (Wildman–Crippen MR) is 252 cm³/mol. The summed E-state index contributed by atoms with van der Waals surface area (Å²) in [4.78, 5) is 30.9. The van der Waals surface area contributed by atoms with Crippen molar-refractivity contribution >= 4 is 44.1 Å². The van der Waals surface area contributed by atoms with Gasteiger partial charge < -0.3 is 0 Å². The number of unbranched alkanes of at least 4 members (excludes halogenated alkanes) is 6. The van der Waals surface area contributed by atoms with E-state index < -0.39 is 0 Å². The van der Waals surface area contributed by atoms with Gasteiger partial charge in [-0.15, -0.1) is 0 Å². The number of nitrogens with zero attached hydrogens (tertiary/aromatic N) is 1. The number of benzene rings is 8. The molecule has 1 heterocycles. The van der Waals surface area contributed by atoms with Gasteiger partial charge in [-0.05, 0) is 108 Å².